The third kappa shape index (κ3) is 3.00. The second-order valence-corrected chi connectivity index (χ2v) is 5.84. The van der Waals surface area contributed by atoms with E-state index in [0.29, 0.717) is 16.5 Å². The molecule has 2 atom stereocenters. The molecular formula is C12H15ClO3S. The van der Waals surface area contributed by atoms with Gasteiger partial charge >= 0.3 is 0 Å². The number of ether oxygens (including phenoxy) is 2. The van der Waals surface area contributed by atoms with Crippen LogP contribution in [0.15, 0.2) is 12.1 Å². The van der Waals surface area contributed by atoms with Gasteiger partial charge in [0.25, 0.3) is 0 Å². The zero-order valence-electron chi connectivity index (χ0n) is 9.77. The molecule has 0 saturated carbocycles. The minimum Gasteiger partial charge on any atom is -0.454 e. The van der Waals surface area contributed by atoms with Crippen LogP contribution in [0, 0.1) is 0 Å². The monoisotopic (exact) mass is 274 g/mol. The third-order valence-electron chi connectivity index (χ3n) is 2.68. The Labute approximate surface area is 110 Å². The molecular weight excluding hydrogens is 260 g/mol. The summed E-state index contributed by atoms with van der Waals surface area (Å²) in [5.41, 5.74) is 1.08. The van der Waals surface area contributed by atoms with Gasteiger partial charge in [0.15, 0.2) is 11.5 Å². The summed E-state index contributed by atoms with van der Waals surface area (Å²) in [5, 5.41) is 10.2. The molecule has 0 fully saturated rings. The number of hydrogen-bond acceptors (Lipinski definition) is 4. The summed E-state index contributed by atoms with van der Waals surface area (Å²) in [6.45, 7) is 4.03. The summed E-state index contributed by atoms with van der Waals surface area (Å²) in [6.07, 6.45) is -0.315. The molecule has 94 valence electrons. The van der Waals surface area contributed by atoms with Gasteiger partial charge in [0.2, 0.25) is 6.79 Å². The minimum absolute atomic E-state index is 0.194. The third-order valence-corrected chi connectivity index (χ3v) is 4.38. The Morgan fingerprint density at radius 2 is 2.18 bits per heavy atom. The van der Waals surface area contributed by atoms with Crippen molar-refractivity contribution in [3.8, 4) is 11.5 Å². The van der Waals surface area contributed by atoms with Crippen LogP contribution in [0.4, 0.5) is 0 Å². The van der Waals surface area contributed by atoms with E-state index in [0.717, 1.165) is 11.3 Å². The number of fused-ring (bicyclic) bond motifs is 1. The summed E-state index contributed by atoms with van der Waals surface area (Å²) in [4.78, 5) is 0. The first-order valence-corrected chi connectivity index (χ1v) is 6.88. The lowest BCUT2D eigenvalue weighted by Gasteiger charge is -2.14. The van der Waals surface area contributed by atoms with E-state index >= 15 is 0 Å². The normalized spacial score (nSPS) is 16.9. The largest absolute Gasteiger partial charge is 0.454 e. The Morgan fingerprint density at radius 3 is 2.88 bits per heavy atom. The first kappa shape index (κ1) is 12.9. The molecule has 1 heterocycles. The van der Waals surface area contributed by atoms with Crippen LogP contribution in [-0.2, 0) is 5.75 Å². The van der Waals surface area contributed by atoms with Crippen LogP contribution in [0.1, 0.15) is 19.4 Å². The van der Waals surface area contributed by atoms with Gasteiger partial charge in [0.05, 0.1) is 11.1 Å². The van der Waals surface area contributed by atoms with Crippen molar-refractivity contribution in [2.75, 3.05) is 6.79 Å². The Bertz CT molecular complexity index is 409. The highest BCUT2D eigenvalue weighted by atomic mass is 35.5. The molecule has 1 aromatic rings. The molecule has 1 aliphatic rings. The molecule has 1 N–H and O–H groups in total. The lowest BCUT2D eigenvalue weighted by atomic mass is 10.2. The fourth-order valence-electron chi connectivity index (χ4n) is 1.47. The van der Waals surface area contributed by atoms with E-state index in [4.69, 9.17) is 21.1 Å². The van der Waals surface area contributed by atoms with Crippen LogP contribution in [0.2, 0.25) is 5.02 Å². The van der Waals surface area contributed by atoms with Crippen LogP contribution in [0.3, 0.4) is 0 Å². The summed E-state index contributed by atoms with van der Waals surface area (Å²) < 4.78 is 10.6. The Balaban J connectivity index is 2.05. The van der Waals surface area contributed by atoms with Gasteiger partial charge in [-0.2, -0.15) is 11.8 Å². The molecule has 0 amide bonds. The first-order chi connectivity index (χ1) is 8.08. The van der Waals surface area contributed by atoms with Crippen LogP contribution in [0.25, 0.3) is 0 Å². The van der Waals surface area contributed by atoms with Crippen LogP contribution >= 0.6 is 23.4 Å². The van der Waals surface area contributed by atoms with Crippen molar-refractivity contribution in [2.24, 2.45) is 0 Å². The van der Waals surface area contributed by atoms with Crippen LogP contribution in [0.5, 0.6) is 11.5 Å². The van der Waals surface area contributed by atoms with Gasteiger partial charge in [-0.15, -0.1) is 0 Å². The van der Waals surface area contributed by atoms with E-state index < -0.39 is 0 Å². The molecule has 1 aliphatic heterocycles. The van der Waals surface area contributed by atoms with Crippen molar-refractivity contribution < 1.29 is 14.6 Å². The highest BCUT2D eigenvalue weighted by molar-refractivity contribution is 7.99. The molecule has 2 unspecified atom stereocenters. The van der Waals surface area contributed by atoms with E-state index in [1.54, 1.807) is 18.7 Å². The molecule has 17 heavy (non-hydrogen) atoms. The van der Waals surface area contributed by atoms with Crippen LogP contribution in [-0.4, -0.2) is 23.3 Å². The fourth-order valence-corrected chi connectivity index (χ4v) is 2.66. The zero-order chi connectivity index (χ0) is 12.4. The van der Waals surface area contributed by atoms with Crippen molar-refractivity contribution in [2.45, 2.75) is 31.0 Å². The molecule has 2 rings (SSSR count). The van der Waals surface area contributed by atoms with Crippen molar-refractivity contribution >= 4 is 23.4 Å². The summed E-state index contributed by atoms with van der Waals surface area (Å²) in [7, 11) is 0. The zero-order valence-corrected chi connectivity index (χ0v) is 11.3. The van der Waals surface area contributed by atoms with E-state index in [1.807, 2.05) is 19.1 Å². The van der Waals surface area contributed by atoms with E-state index in [2.05, 4.69) is 0 Å². The molecule has 1 aromatic carbocycles. The number of thioether (sulfide) groups is 1. The van der Waals surface area contributed by atoms with Crippen molar-refractivity contribution in [1.82, 2.24) is 0 Å². The van der Waals surface area contributed by atoms with Crippen molar-refractivity contribution in [1.29, 1.82) is 0 Å². The van der Waals surface area contributed by atoms with Crippen molar-refractivity contribution in [3.63, 3.8) is 0 Å². The van der Waals surface area contributed by atoms with Gasteiger partial charge in [-0.3, -0.25) is 0 Å². The lowest BCUT2D eigenvalue weighted by molar-refractivity contribution is 0.174. The van der Waals surface area contributed by atoms with Crippen molar-refractivity contribution in [3.05, 3.63) is 22.7 Å². The molecule has 0 aliphatic carbocycles. The van der Waals surface area contributed by atoms with Crippen LogP contribution < -0.4 is 9.47 Å². The number of aliphatic hydroxyl groups excluding tert-OH is 1. The summed E-state index contributed by atoms with van der Waals surface area (Å²) in [5.74, 6) is 2.13. The summed E-state index contributed by atoms with van der Waals surface area (Å²) >= 11 is 7.78. The Morgan fingerprint density at radius 1 is 1.41 bits per heavy atom. The second kappa shape index (κ2) is 5.38. The predicted molar refractivity (Wildman–Crippen MR) is 70.0 cm³/mol. The topological polar surface area (TPSA) is 38.7 Å². The maximum Gasteiger partial charge on any atom is 0.231 e. The van der Waals surface area contributed by atoms with E-state index in [9.17, 15) is 5.11 Å². The number of halogens is 1. The molecule has 0 bridgehead atoms. The van der Waals surface area contributed by atoms with E-state index in [-0.39, 0.29) is 18.1 Å². The van der Waals surface area contributed by atoms with Gasteiger partial charge in [-0.1, -0.05) is 18.5 Å². The lowest BCUT2D eigenvalue weighted by Crippen LogP contribution is -2.15. The number of benzene rings is 1. The fraction of sp³-hybridized carbons (Fsp3) is 0.500. The summed E-state index contributed by atoms with van der Waals surface area (Å²) in [6, 6.07) is 3.83. The second-order valence-electron chi connectivity index (χ2n) is 4.07. The average molecular weight is 275 g/mol. The number of aliphatic hydroxyl groups is 1. The molecule has 0 saturated heterocycles. The van der Waals surface area contributed by atoms with Gasteiger partial charge in [-0.25, -0.2) is 0 Å². The standard InChI is InChI=1S/C12H15ClO3S/c1-7(14)8(2)17-5-9-3-10(13)12-11(4-9)15-6-16-12/h3-4,7-8,14H,5-6H2,1-2H3. The predicted octanol–water partition coefficient (Wildman–Crippen LogP) is 3.07. The minimum atomic E-state index is -0.315. The molecule has 0 aromatic heterocycles. The Hall–Kier alpha value is -0.580. The van der Waals surface area contributed by atoms with Gasteiger partial charge in [0.1, 0.15) is 0 Å². The van der Waals surface area contributed by atoms with Gasteiger partial charge in [0, 0.05) is 11.0 Å². The molecule has 3 nitrogen and oxygen atoms in total. The molecule has 0 radical (unpaired) electrons. The first-order valence-electron chi connectivity index (χ1n) is 5.45. The Kier molecular flexibility index (Phi) is 4.07. The van der Waals surface area contributed by atoms with E-state index in [1.165, 1.54) is 0 Å². The average Bonchev–Trinajstić information content (AvgIpc) is 2.74. The quantitative estimate of drug-likeness (QED) is 0.916. The maximum atomic E-state index is 9.42. The highest BCUT2D eigenvalue weighted by Crippen LogP contribution is 2.40. The number of rotatable bonds is 4. The SMILES string of the molecule is CC(O)C(C)SCc1cc(Cl)c2c(c1)OCO2. The molecule has 0 spiro atoms. The molecule has 5 heteroatoms. The highest BCUT2D eigenvalue weighted by Gasteiger charge is 2.18. The van der Waals surface area contributed by atoms with Gasteiger partial charge < -0.3 is 14.6 Å². The van der Waals surface area contributed by atoms with Gasteiger partial charge in [-0.05, 0) is 24.6 Å². The smallest absolute Gasteiger partial charge is 0.231 e. The number of hydrogen-bond donors (Lipinski definition) is 1. The maximum absolute atomic E-state index is 9.42.